The van der Waals surface area contributed by atoms with Crippen LogP contribution in [0.5, 0.6) is 0 Å². The van der Waals surface area contributed by atoms with E-state index < -0.39 is 0 Å². The third-order valence-electron chi connectivity index (χ3n) is 2.97. The van der Waals surface area contributed by atoms with Crippen LogP contribution in [0.3, 0.4) is 0 Å². The number of hydrogen-bond acceptors (Lipinski definition) is 4. The summed E-state index contributed by atoms with van der Waals surface area (Å²) in [7, 11) is 1.79. The van der Waals surface area contributed by atoms with Gasteiger partial charge in [0.15, 0.2) is 0 Å². The number of thiazole rings is 1. The van der Waals surface area contributed by atoms with Gasteiger partial charge >= 0.3 is 0 Å². The number of anilines is 1. The number of aryl methyl sites for hydroxylation is 1. The summed E-state index contributed by atoms with van der Waals surface area (Å²) >= 11 is 14.1. The van der Waals surface area contributed by atoms with E-state index in [9.17, 15) is 0 Å². The fraction of sp³-hybridized carbons (Fsp3) is 0.0769. The first-order valence-corrected chi connectivity index (χ1v) is 7.39. The highest BCUT2D eigenvalue weighted by Gasteiger charge is 2.22. The summed E-state index contributed by atoms with van der Waals surface area (Å²) in [5.74, 6) is 0.517. The maximum atomic E-state index is 6.29. The van der Waals surface area contributed by atoms with E-state index in [-0.39, 0.29) is 0 Å². The first kappa shape index (κ1) is 13.4. The third kappa shape index (κ3) is 2.08. The van der Waals surface area contributed by atoms with Crippen molar-refractivity contribution in [1.29, 1.82) is 0 Å². The van der Waals surface area contributed by atoms with E-state index in [2.05, 4.69) is 10.1 Å². The van der Waals surface area contributed by atoms with Gasteiger partial charge in [0.05, 0.1) is 26.0 Å². The fourth-order valence-corrected chi connectivity index (χ4v) is 3.22. The minimum atomic E-state index is 0.517. The zero-order valence-corrected chi connectivity index (χ0v) is 12.8. The van der Waals surface area contributed by atoms with E-state index in [0.29, 0.717) is 21.4 Å². The van der Waals surface area contributed by atoms with Crippen LogP contribution >= 0.6 is 34.5 Å². The van der Waals surface area contributed by atoms with Gasteiger partial charge in [0.25, 0.3) is 0 Å². The summed E-state index contributed by atoms with van der Waals surface area (Å²) < 4.78 is 1.62. The van der Waals surface area contributed by atoms with Gasteiger partial charge in [-0.05, 0) is 12.1 Å². The van der Waals surface area contributed by atoms with Crippen molar-refractivity contribution < 1.29 is 0 Å². The minimum Gasteiger partial charge on any atom is -0.383 e. The zero-order valence-electron chi connectivity index (χ0n) is 10.5. The quantitative estimate of drug-likeness (QED) is 0.772. The Hall–Kier alpha value is -1.56. The zero-order chi connectivity index (χ0) is 14.3. The van der Waals surface area contributed by atoms with Crippen LogP contribution in [0.2, 0.25) is 10.0 Å². The molecule has 2 aromatic heterocycles. The maximum absolute atomic E-state index is 6.29. The molecule has 102 valence electrons. The van der Waals surface area contributed by atoms with Crippen LogP contribution in [-0.2, 0) is 7.05 Å². The summed E-state index contributed by atoms with van der Waals surface area (Å²) in [5.41, 5.74) is 10.1. The van der Waals surface area contributed by atoms with Gasteiger partial charge in [-0.3, -0.25) is 9.67 Å². The Labute approximate surface area is 129 Å². The molecule has 20 heavy (non-hydrogen) atoms. The lowest BCUT2D eigenvalue weighted by atomic mass is 10.0. The Morgan fingerprint density at radius 3 is 2.50 bits per heavy atom. The Morgan fingerprint density at radius 1 is 1.20 bits per heavy atom. The Kier molecular flexibility index (Phi) is 3.41. The average Bonchev–Trinajstić information content (AvgIpc) is 3.01. The van der Waals surface area contributed by atoms with Gasteiger partial charge in [0, 0.05) is 18.8 Å². The van der Waals surface area contributed by atoms with E-state index in [1.807, 2.05) is 0 Å². The molecule has 0 amide bonds. The Morgan fingerprint density at radius 2 is 1.90 bits per heavy atom. The van der Waals surface area contributed by atoms with Gasteiger partial charge in [-0.25, -0.2) is 0 Å². The second-order valence-electron chi connectivity index (χ2n) is 4.19. The van der Waals surface area contributed by atoms with Gasteiger partial charge in [0.1, 0.15) is 11.5 Å². The Balaban J connectivity index is 2.34. The molecule has 2 heterocycles. The predicted molar refractivity (Wildman–Crippen MR) is 84.2 cm³/mol. The van der Waals surface area contributed by atoms with E-state index in [4.69, 9.17) is 28.9 Å². The molecule has 3 rings (SSSR count). The second kappa shape index (κ2) is 5.09. The molecule has 3 aromatic rings. The van der Waals surface area contributed by atoms with Gasteiger partial charge in [-0.15, -0.1) is 11.3 Å². The molecule has 1 aromatic carbocycles. The Bertz CT molecular complexity index is 745. The molecule has 0 radical (unpaired) electrons. The number of nitrogens with two attached hydrogens (primary N) is 1. The van der Waals surface area contributed by atoms with Crippen molar-refractivity contribution >= 4 is 40.4 Å². The van der Waals surface area contributed by atoms with E-state index in [0.717, 1.165) is 16.1 Å². The maximum Gasteiger partial charge on any atom is 0.130 e. The minimum absolute atomic E-state index is 0.517. The van der Waals surface area contributed by atoms with Crippen molar-refractivity contribution in [1.82, 2.24) is 14.8 Å². The molecule has 0 spiro atoms. The fourth-order valence-electron chi connectivity index (χ4n) is 2.03. The monoisotopic (exact) mass is 324 g/mol. The van der Waals surface area contributed by atoms with Crippen LogP contribution in [0, 0.1) is 0 Å². The smallest absolute Gasteiger partial charge is 0.130 e. The lowest BCUT2D eigenvalue weighted by Gasteiger charge is -2.07. The van der Waals surface area contributed by atoms with Crippen LogP contribution < -0.4 is 5.73 Å². The lowest BCUT2D eigenvalue weighted by Crippen LogP contribution is -1.98. The lowest BCUT2D eigenvalue weighted by molar-refractivity contribution is 0.783. The molecule has 0 saturated heterocycles. The summed E-state index contributed by atoms with van der Waals surface area (Å²) in [4.78, 5) is 5.00. The molecule has 4 nitrogen and oxygen atoms in total. The highest BCUT2D eigenvalue weighted by Crippen LogP contribution is 2.43. The summed E-state index contributed by atoms with van der Waals surface area (Å²) in [6, 6.07) is 5.37. The van der Waals surface area contributed by atoms with E-state index >= 15 is 0 Å². The highest BCUT2D eigenvalue weighted by molar-refractivity contribution is 7.13. The SMILES string of the molecule is Cn1nc(-c2cncs2)c(-c2c(Cl)cccc2Cl)c1N. The molecule has 7 heteroatoms. The van der Waals surface area contributed by atoms with Crippen molar-refractivity contribution in [3.8, 4) is 21.7 Å². The largest absolute Gasteiger partial charge is 0.383 e. The molecule has 0 bridgehead atoms. The van der Waals surface area contributed by atoms with Crippen molar-refractivity contribution in [3.63, 3.8) is 0 Å². The normalized spacial score (nSPS) is 10.9. The van der Waals surface area contributed by atoms with Crippen molar-refractivity contribution in [2.45, 2.75) is 0 Å². The molecule has 0 aliphatic carbocycles. The van der Waals surface area contributed by atoms with E-state index in [1.165, 1.54) is 11.3 Å². The van der Waals surface area contributed by atoms with Gasteiger partial charge in [0.2, 0.25) is 0 Å². The summed E-state index contributed by atoms with van der Waals surface area (Å²) in [6.07, 6.45) is 1.75. The standard InChI is InChI=1S/C13H10Cl2N4S/c1-19-13(16)11(10-7(14)3-2-4-8(10)15)12(18-19)9-5-17-6-20-9/h2-6H,16H2,1H3. The topological polar surface area (TPSA) is 56.7 Å². The molecule has 0 saturated carbocycles. The number of nitrogens with zero attached hydrogens (tertiary/aromatic N) is 3. The molecule has 0 aliphatic rings. The predicted octanol–water partition coefficient (Wildman–Crippen LogP) is 4.10. The summed E-state index contributed by atoms with van der Waals surface area (Å²) in [5, 5.41) is 5.54. The average molecular weight is 325 g/mol. The van der Waals surface area contributed by atoms with Crippen LogP contribution in [0.15, 0.2) is 29.9 Å². The number of halogens is 2. The van der Waals surface area contributed by atoms with Gasteiger partial charge in [-0.2, -0.15) is 5.10 Å². The first-order chi connectivity index (χ1) is 9.59. The molecule has 0 fully saturated rings. The van der Waals surface area contributed by atoms with Crippen molar-refractivity contribution in [2.75, 3.05) is 5.73 Å². The molecular weight excluding hydrogens is 315 g/mol. The number of aromatic nitrogens is 3. The van der Waals surface area contributed by atoms with Crippen LogP contribution in [0.4, 0.5) is 5.82 Å². The van der Waals surface area contributed by atoms with Crippen molar-refractivity contribution in [3.05, 3.63) is 40.0 Å². The van der Waals surface area contributed by atoms with Gasteiger partial charge < -0.3 is 5.73 Å². The van der Waals surface area contributed by atoms with Crippen LogP contribution in [-0.4, -0.2) is 14.8 Å². The van der Waals surface area contributed by atoms with Gasteiger partial charge in [-0.1, -0.05) is 29.3 Å². The molecule has 0 unspecified atom stereocenters. The number of hydrogen-bond donors (Lipinski definition) is 1. The number of nitrogen functional groups attached to an aromatic ring is 1. The molecule has 2 N–H and O–H groups in total. The molecule has 0 atom stereocenters. The molecule has 0 aliphatic heterocycles. The number of rotatable bonds is 2. The second-order valence-corrected chi connectivity index (χ2v) is 5.90. The molecular formula is C13H10Cl2N4S. The van der Waals surface area contributed by atoms with E-state index in [1.54, 1.807) is 41.6 Å². The number of benzene rings is 1. The summed E-state index contributed by atoms with van der Waals surface area (Å²) in [6.45, 7) is 0. The van der Waals surface area contributed by atoms with Crippen molar-refractivity contribution in [2.24, 2.45) is 7.05 Å². The highest BCUT2D eigenvalue weighted by atomic mass is 35.5. The first-order valence-electron chi connectivity index (χ1n) is 5.75. The van der Waals surface area contributed by atoms with Crippen LogP contribution in [0.1, 0.15) is 0 Å². The third-order valence-corrected chi connectivity index (χ3v) is 4.38. The van der Waals surface area contributed by atoms with Crippen LogP contribution in [0.25, 0.3) is 21.7 Å².